The number of fused-ring (bicyclic) bond motifs is 1. The van der Waals surface area contributed by atoms with Gasteiger partial charge >= 0.3 is 0 Å². The van der Waals surface area contributed by atoms with Crippen molar-refractivity contribution in [1.29, 1.82) is 0 Å². The maximum atomic E-state index is 3.66. The molecule has 2 heteroatoms. The lowest BCUT2D eigenvalue weighted by atomic mass is 9.88. The summed E-state index contributed by atoms with van der Waals surface area (Å²) in [6.45, 7) is 3.52. The van der Waals surface area contributed by atoms with Crippen LogP contribution in [0.5, 0.6) is 0 Å². The first kappa shape index (κ1) is 10.8. The molecule has 0 bridgehead atoms. The van der Waals surface area contributed by atoms with Gasteiger partial charge in [-0.2, -0.15) is 0 Å². The highest BCUT2D eigenvalue weighted by Gasteiger charge is 2.22. The normalized spacial score (nSPS) is 22.8. The van der Waals surface area contributed by atoms with Crippen LogP contribution in [0.2, 0.25) is 0 Å². The van der Waals surface area contributed by atoms with Crippen LogP contribution >= 0.6 is 0 Å². The van der Waals surface area contributed by atoms with E-state index in [0.29, 0.717) is 12.0 Å². The van der Waals surface area contributed by atoms with Crippen LogP contribution in [0.4, 0.5) is 0 Å². The van der Waals surface area contributed by atoms with Gasteiger partial charge < -0.3 is 10.3 Å². The van der Waals surface area contributed by atoms with Crippen molar-refractivity contribution >= 4 is 10.9 Å². The summed E-state index contributed by atoms with van der Waals surface area (Å²) in [4.78, 5) is 3.38. The van der Waals surface area contributed by atoms with Gasteiger partial charge in [0, 0.05) is 23.1 Å². The summed E-state index contributed by atoms with van der Waals surface area (Å²) in [6.07, 6.45) is 6.19. The zero-order valence-electron chi connectivity index (χ0n) is 10.4. The molecule has 2 N–H and O–H groups in total. The zero-order chi connectivity index (χ0) is 11.7. The fraction of sp³-hybridized carbons (Fsp3) is 0.467. The van der Waals surface area contributed by atoms with Gasteiger partial charge in [-0.15, -0.1) is 0 Å². The minimum atomic E-state index is 0.589. The van der Waals surface area contributed by atoms with Crippen molar-refractivity contribution in [2.24, 2.45) is 0 Å². The topological polar surface area (TPSA) is 27.8 Å². The number of hydrogen-bond donors (Lipinski definition) is 2. The molecule has 90 valence electrons. The molecule has 1 aromatic carbocycles. The molecule has 0 radical (unpaired) electrons. The minimum absolute atomic E-state index is 0.589. The van der Waals surface area contributed by atoms with E-state index in [1.54, 1.807) is 0 Å². The smallest absolute Gasteiger partial charge is 0.0456 e. The maximum Gasteiger partial charge on any atom is 0.0456 e. The second kappa shape index (κ2) is 4.53. The fourth-order valence-corrected chi connectivity index (χ4v) is 2.99. The largest absolute Gasteiger partial charge is 0.361 e. The molecule has 0 saturated carbocycles. The van der Waals surface area contributed by atoms with E-state index >= 15 is 0 Å². The van der Waals surface area contributed by atoms with Gasteiger partial charge in [-0.1, -0.05) is 31.5 Å². The highest BCUT2D eigenvalue weighted by Crippen LogP contribution is 2.30. The number of nitrogens with one attached hydrogen (secondary N) is 2. The third-order valence-corrected chi connectivity index (χ3v) is 4.06. The van der Waals surface area contributed by atoms with Gasteiger partial charge in [0.1, 0.15) is 0 Å². The molecular weight excluding hydrogens is 208 g/mol. The van der Waals surface area contributed by atoms with Crippen molar-refractivity contribution in [1.82, 2.24) is 10.3 Å². The number of aromatic amines is 1. The first-order chi connectivity index (χ1) is 8.36. The van der Waals surface area contributed by atoms with Gasteiger partial charge in [-0.05, 0) is 36.9 Å². The monoisotopic (exact) mass is 228 g/mol. The quantitative estimate of drug-likeness (QED) is 0.810. The Hall–Kier alpha value is -1.28. The number of aromatic nitrogens is 1. The summed E-state index contributed by atoms with van der Waals surface area (Å²) in [5, 5.41) is 5.04. The number of para-hydroxylation sites is 1. The average Bonchev–Trinajstić information content (AvgIpc) is 2.83. The Balaban J connectivity index is 1.92. The highest BCUT2D eigenvalue weighted by atomic mass is 14.9. The first-order valence-corrected chi connectivity index (χ1v) is 6.65. The molecule has 2 atom stereocenters. The molecule has 1 fully saturated rings. The van der Waals surface area contributed by atoms with Crippen LogP contribution in [0.1, 0.15) is 37.7 Å². The average molecular weight is 228 g/mol. The van der Waals surface area contributed by atoms with Crippen molar-refractivity contribution in [2.75, 3.05) is 6.54 Å². The van der Waals surface area contributed by atoms with Crippen LogP contribution in [0.25, 0.3) is 10.9 Å². The third kappa shape index (κ3) is 1.98. The molecule has 1 saturated heterocycles. The van der Waals surface area contributed by atoms with Crippen LogP contribution in [-0.4, -0.2) is 17.6 Å². The standard InChI is InChI=1S/C15H20N2/c1-11(14-7-4-5-9-16-14)13-10-17-15-8-3-2-6-12(13)15/h2-3,6,8,10-11,14,16-17H,4-5,7,9H2,1H3. The summed E-state index contributed by atoms with van der Waals surface area (Å²) in [5.41, 5.74) is 2.71. The van der Waals surface area contributed by atoms with Crippen molar-refractivity contribution < 1.29 is 0 Å². The van der Waals surface area contributed by atoms with E-state index in [-0.39, 0.29) is 0 Å². The molecule has 2 nitrogen and oxygen atoms in total. The lowest BCUT2D eigenvalue weighted by Crippen LogP contribution is -2.37. The van der Waals surface area contributed by atoms with Gasteiger partial charge in [-0.3, -0.25) is 0 Å². The number of hydrogen-bond acceptors (Lipinski definition) is 1. The molecule has 2 heterocycles. The lowest BCUT2D eigenvalue weighted by molar-refractivity contribution is 0.362. The second-order valence-corrected chi connectivity index (χ2v) is 5.13. The predicted molar refractivity (Wildman–Crippen MR) is 72.4 cm³/mol. The Morgan fingerprint density at radius 2 is 2.12 bits per heavy atom. The van der Waals surface area contributed by atoms with E-state index < -0.39 is 0 Å². The van der Waals surface area contributed by atoms with Gasteiger partial charge in [0.25, 0.3) is 0 Å². The van der Waals surface area contributed by atoms with Crippen LogP contribution in [0.3, 0.4) is 0 Å². The van der Waals surface area contributed by atoms with E-state index in [2.05, 4.69) is 47.7 Å². The van der Waals surface area contributed by atoms with E-state index in [1.165, 1.54) is 42.3 Å². The van der Waals surface area contributed by atoms with Gasteiger partial charge in [0.05, 0.1) is 0 Å². The Bertz CT molecular complexity index is 494. The summed E-state index contributed by atoms with van der Waals surface area (Å²) >= 11 is 0. The van der Waals surface area contributed by atoms with Crippen LogP contribution in [0.15, 0.2) is 30.5 Å². The van der Waals surface area contributed by atoms with Crippen molar-refractivity contribution in [3.8, 4) is 0 Å². The minimum Gasteiger partial charge on any atom is -0.361 e. The number of benzene rings is 1. The Morgan fingerprint density at radius 3 is 2.94 bits per heavy atom. The lowest BCUT2D eigenvalue weighted by Gasteiger charge is -2.29. The molecule has 0 spiro atoms. The Labute approximate surface area is 102 Å². The number of H-pyrrole nitrogens is 1. The van der Waals surface area contributed by atoms with E-state index in [0.717, 1.165) is 0 Å². The predicted octanol–water partition coefficient (Wildman–Crippen LogP) is 3.41. The Morgan fingerprint density at radius 1 is 1.24 bits per heavy atom. The molecule has 3 rings (SSSR count). The highest BCUT2D eigenvalue weighted by molar-refractivity contribution is 5.83. The van der Waals surface area contributed by atoms with Crippen molar-refractivity contribution in [2.45, 2.75) is 38.1 Å². The molecule has 2 aromatic rings. The molecule has 0 amide bonds. The number of piperidine rings is 1. The van der Waals surface area contributed by atoms with Crippen LogP contribution in [0, 0.1) is 0 Å². The summed E-state index contributed by atoms with van der Waals surface area (Å²) in [7, 11) is 0. The fourth-order valence-electron chi connectivity index (χ4n) is 2.99. The van der Waals surface area contributed by atoms with Gasteiger partial charge in [0.2, 0.25) is 0 Å². The van der Waals surface area contributed by atoms with Crippen molar-refractivity contribution in [3.05, 3.63) is 36.0 Å². The van der Waals surface area contributed by atoms with Gasteiger partial charge in [-0.25, -0.2) is 0 Å². The maximum absolute atomic E-state index is 3.66. The molecule has 17 heavy (non-hydrogen) atoms. The zero-order valence-corrected chi connectivity index (χ0v) is 10.4. The summed E-state index contributed by atoms with van der Waals surface area (Å²) in [6, 6.07) is 9.23. The third-order valence-electron chi connectivity index (χ3n) is 4.06. The van der Waals surface area contributed by atoms with E-state index in [4.69, 9.17) is 0 Å². The molecule has 1 aliphatic rings. The summed E-state index contributed by atoms with van der Waals surface area (Å²) in [5.74, 6) is 0.589. The molecular formula is C15H20N2. The SMILES string of the molecule is CC(c1c[nH]c2ccccc12)C1CCCCN1. The summed E-state index contributed by atoms with van der Waals surface area (Å²) < 4.78 is 0. The molecule has 1 aromatic heterocycles. The van der Waals surface area contributed by atoms with Crippen LogP contribution in [-0.2, 0) is 0 Å². The molecule has 0 aliphatic carbocycles. The molecule has 2 unspecified atom stereocenters. The van der Waals surface area contributed by atoms with Crippen LogP contribution < -0.4 is 5.32 Å². The first-order valence-electron chi connectivity index (χ1n) is 6.65. The molecule has 1 aliphatic heterocycles. The van der Waals surface area contributed by atoms with Gasteiger partial charge in [0.15, 0.2) is 0 Å². The second-order valence-electron chi connectivity index (χ2n) is 5.13. The number of rotatable bonds is 2. The van der Waals surface area contributed by atoms with E-state index in [9.17, 15) is 0 Å². The Kier molecular flexibility index (Phi) is 2.89. The van der Waals surface area contributed by atoms with Crippen molar-refractivity contribution in [3.63, 3.8) is 0 Å². The van der Waals surface area contributed by atoms with E-state index in [1.807, 2.05) is 0 Å².